The van der Waals surface area contributed by atoms with Crippen molar-refractivity contribution < 1.29 is 19.4 Å². The van der Waals surface area contributed by atoms with Crippen LogP contribution in [0.3, 0.4) is 0 Å². The highest BCUT2D eigenvalue weighted by Crippen LogP contribution is 2.44. The molecule has 0 bridgehead atoms. The molecule has 1 aromatic rings. The normalized spacial score (nSPS) is 29.2. The van der Waals surface area contributed by atoms with Crippen LogP contribution in [0.5, 0.6) is 11.5 Å². The summed E-state index contributed by atoms with van der Waals surface area (Å²) >= 11 is 0. The Kier molecular flexibility index (Phi) is 4.37. The topological polar surface area (TPSA) is 76.6 Å². The smallest absolute Gasteiger partial charge is 0.321 e. The van der Waals surface area contributed by atoms with E-state index in [4.69, 9.17) is 4.74 Å². The molecule has 8 heteroatoms. The fourth-order valence-corrected chi connectivity index (χ4v) is 4.31. The number of methoxy groups -OCH3 is 1. The van der Waals surface area contributed by atoms with Gasteiger partial charge in [0.15, 0.2) is 11.5 Å². The van der Waals surface area contributed by atoms with Crippen molar-refractivity contribution in [2.24, 2.45) is 5.92 Å². The third-order valence-electron chi connectivity index (χ3n) is 5.84. The molecule has 2 heterocycles. The first-order valence-electron chi connectivity index (χ1n) is 8.56. The van der Waals surface area contributed by atoms with Crippen molar-refractivity contribution in [3.8, 4) is 11.5 Å². The van der Waals surface area contributed by atoms with Crippen LogP contribution in [0.2, 0.25) is 0 Å². The predicted octanol–water partition coefficient (Wildman–Crippen LogP) is 1.77. The second kappa shape index (κ2) is 6.26. The average molecular weight is 362 g/mol. The summed E-state index contributed by atoms with van der Waals surface area (Å²) in [4.78, 5) is 32.1. The van der Waals surface area contributed by atoms with Crippen LogP contribution in [0.1, 0.15) is 18.5 Å². The summed E-state index contributed by atoms with van der Waals surface area (Å²) in [6.07, 6.45) is -0.345. The molecule has 0 spiro atoms. The Bertz CT molecular complexity index is 736. The van der Waals surface area contributed by atoms with E-state index in [1.54, 1.807) is 66.0 Å². The van der Waals surface area contributed by atoms with Gasteiger partial charge in [-0.15, -0.1) is 0 Å². The lowest BCUT2D eigenvalue weighted by molar-refractivity contribution is -0.0652. The lowest BCUT2D eigenvalue weighted by Crippen LogP contribution is -2.71. The van der Waals surface area contributed by atoms with Gasteiger partial charge in [-0.2, -0.15) is 0 Å². The molecule has 142 valence electrons. The summed E-state index contributed by atoms with van der Waals surface area (Å²) in [6.45, 7) is 2.00. The number of hydrogen-bond acceptors (Lipinski definition) is 4. The molecule has 4 atom stereocenters. The number of nitrogens with zero attached hydrogens (tertiary/aromatic N) is 4. The quantitative estimate of drug-likeness (QED) is 0.870. The van der Waals surface area contributed by atoms with E-state index in [1.807, 2.05) is 6.92 Å². The highest BCUT2D eigenvalue weighted by molar-refractivity contribution is 5.80. The summed E-state index contributed by atoms with van der Waals surface area (Å²) in [5.41, 5.74) is 0.863. The lowest BCUT2D eigenvalue weighted by Gasteiger charge is -2.57. The molecule has 0 unspecified atom stereocenters. The molecule has 26 heavy (non-hydrogen) atoms. The molecule has 2 fully saturated rings. The van der Waals surface area contributed by atoms with Gasteiger partial charge in [0.1, 0.15) is 6.17 Å². The molecule has 2 aliphatic rings. The van der Waals surface area contributed by atoms with Gasteiger partial charge >= 0.3 is 12.1 Å². The third-order valence-corrected chi connectivity index (χ3v) is 5.84. The van der Waals surface area contributed by atoms with Gasteiger partial charge in [0.2, 0.25) is 0 Å². The van der Waals surface area contributed by atoms with Crippen LogP contribution in [-0.4, -0.2) is 84.3 Å². The van der Waals surface area contributed by atoms with E-state index < -0.39 is 0 Å². The van der Waals surface area contributed by atoms with Crippen LogP contribution >= 0.6 is 0 Å². The fourth-order valence-electron chi connectivity index (χ4n) is 4.31. The number of carbonyl (C=O) groups excluding carboxylic acids is 2. The molecule has 0 saturated carbocycles. The summed E-state index contributed by atoms with van der Waals surface area (Å²) in [5, 5.41) is 9.92. The van der Waals surface area contributed by atoms with Crippen molar-refractivity contribution in [2.45, 2.75) is 25.2 Å². The standard InChI is InChI=1S/C18H26N4O4/c1-10-14-15(11-7-8-12(23)13(9-11)26-6)20(3)18(25)22(5)16(14)21(4)17(24)19(10)2/h7-10,14-16,23H,1-6H3/t10-,14-,15-,16-/m0/s1. The number of aromatic hydroxyl groups is 1. The molecule has 0 aromatic heterocycles. The van der Waals surface area contributed by atoms with E-state index in [2.05, 4.69) is 0 Å². The first-order chi connectivity index (χ1) is 12.2. The largest absolute Gasteiger partial charge is 0.504 e. The SMILES string of the molecule is COc1cc([C@H]2[C@H]3[C@@H](N(C)C(=O)N(C)[C@H]3C)N(C)C(=O)N2C)ccc1O. The second-order valence-corrected chi connectivity index (χ2v) is 7.12. The number of benzene rings is 1. The lowest BCUT2D eigenvalue weighted by atomic mass is 9.80. The fraction of sp³-hybridized carbons (Fsp3) is 0.556. The van der Waals surface area contributed by atoms with Crippen LogP contribution in [0.25, 0.3) is 0 Å². The van der Waals surface area contributed by atoms with Crippen LogP contribution in [0.15, 0.2) is 18.2 Å². The molecular formula is C18H26N4O4. The Hall–Kier alpha value is -2.64. The van der Waals surface area contributed by atoms with E-state index in [0.29, 0.717) is 5.75 Å². The minimum absolute atomic E-state index is 0.0374. The van der Waals surface area contributed by atoms with Gasteiger partial charge in [-0.25, -0.2) is 9.59 Å². The number of hydrogen-bond donors (Lipinski definition) is 1. The minimum atomic E-state index is -0.345. The summed E-state index contributed by atoms with van der Waals surface area (Å²) < 4.78 is 5.24. The van der Waals surface area contributed by atoms with Crippen LogP contribution in [0, 0.1) is 5.92 Å². The van der Waals surface area contributed by atoms with Gasteiger partial charge in [0.05, 0.1) is 13.2 Å². The zero-order valence-corrected chi connectivity index (χ0v) is 16.0. The van der Waals surface area contributed by atoms with Crippen molar-refractivity contribution in [1.29, 1.82) is 0 Å². The highest BCUT2D eigenvalue weighted by atomic mass is 16.5. The van der Waals surface area contributed by atoms with Crippen LogP contribution in [-0.2, 0) is 0 Å². The number of amides is 4. The van der Waals surface area contributed by atoms with E-state index in [1.165, 1.54) is 7.11 Å². The predicted molar refractivity (Wildman–Crippen MR) is 96.0 cm³/mol. The Balaban J connectivity index is 2.13. The number of fused-ring (bicyclic) bond motifs is 1. The van der Waals surface area contributed by atoms with Crippen molar-refractivity contribution in [2.75, 3.05) is 35.3 Å². The number of ether oxygens (including phenoxy) is 1. The van der Waals surface area contributed by atoms with Crippen LogP contribution in [0.4, 0.5) is 9.59 Å². The number of urea groups is 2. The average Bonchev–Trinajstić information content (AvgIpc) is 2.63. The van der Waals surface area contributed by atoms with Crippen LogP contribution < -0.4 is 4.74 Å². The zero-order chi connectivity index (χ0) is 19.3. The van der Waals surface area contributed by atoms with Crippen molar-refractivity contribution in [3.63, 3.8) is 0 Å². The minimum Gasteiger partial charge on any atom is -0.504 e. The molecule has 1 N–H and O–H groups in total. The summed E-state index contributed by atoms with van der Waals surface area (Å²) in [5.74, 6) is 0.375. The molecule has 3 rings (SSSR count). The van der Waals surface area contributed by atoms with E-state index >= 15 is 0 Å². The summed E-state index contributed by atoms with van der Waals surface area (Å²) in [6, 6.07) is 4.54. The molecule has 2 saturated heterocycles. The molecule has 0 radical (unpaired) electrons. The van der Waals surface area contributed by atoms with Gasteiger partial charge in [-0.3, -0.25) is 0 Å². The maximum absolute atomic E-state index is 12.8. The first kappa shape index (κ1) is 18.2. The molecule has 8 nitrogen and oxygen atoms in total. The van der Waals surface area contributed by atoms with Gasteiger partial charge < -0.3 is 29.4 Å². The summed E-state index contributed by atoms with van der Waals surface area (Å²) in [7, 11) is 8.50. The van der Waals surface area contributed by atoms with Gasteiger partial charge in [0.25, 0.3) is 0 Å². The Labute approximate surface area is 153 Å². The monoisotopic (exact) mass is 362 g/mol. The van der Waals surface area contributed by atoms with Gasteiger partial charge in [0, 0.05) is 40.2 Å². The molecular weight excluding hydrogens is 336 g/mol. The van der Waals surface area contributed by atoms with E-state index in [-0.39, 0.29) is 42.0 Å². The Morgan fingerprint density at radius 1 is 0.962 bits per heavy atom. The van der Waals surface area contributed by atoms with Crippen molar-refractivity contribution in [3.05, 3.63) is 23.8 Å². The number of phenols is 1. The maximum atomic E-state index is 12.8. The van der Waals surface area contributed by atoms with Gasteiger partial charge in [-0.1, -0.05) is 6.07 Å². The van der Waals surface area contributed by atoms with E-state index in [9.17, 15) is 14.7 Å². The van der Waals surface area contributed by atoms with Gasteiger partial charge in [-0.05, 0) is 24.6 Å². The van der Waals surface area contributed by atoms with E-state index in [0.717, 1.165) is 5.56 Å². The maximum Gasteiger partial charge on any atom is 0.321 e. The molecule has 4 amide bonds. The Morgan fingerprint density at radius 2 is 1.54 bits per heavy atom. The Morgan fingerprint density at radius 3 is 2.12 bits per heavy atom. The van der Waals surface area contributed by atoms with Crippen molar-refractivity contribution >= 4 is 12.1 Å². The first-order valence-corrected chi connectivity index (χ1v) is 8.56. The highest BCUT2D eigenvalue weighted by Gasteiger charge is 2.54. The molecule has 0 aliphatic carbocycles. The van der Waals surface area contributed by atoms with Crippen molar-refractivity contribution in [1.82, 2.24) is 19.6 Å². The molecule has 1 aromatic carbocycles. The number of phenolic OH excluding ortho intramolecular Hbond substituents is 1. The molecule has 2 aliphatic heterocycles. The second-order valence-electron chi connectivity index (χ2n) is 7.12. The number of rotatable bonds is 2. The third kappa shape index (κ3) is 2.43. The zero-order valence-electron chi connectivity index (χ0n) is 16.0. The number of carbonyl (C=O) groups is 2.